The van der Waals surface area contributed by atoms with Crippen LogP contribution in [0, 0.1) is 0 Å². The van der Waals surface area contributed by atoms with Gasteiger partial charge >= 0.3 is 0 Å². The van der Waals surface area contributed by atoms with E-state index in [9.17, 15) is 9.18 Å². The first-order chi connectivity index (χ1) is 4.76. The second kappa shape index (κ2) is 4.97. The number of hydrogen-bond acceptors (Lipinski definition) is 2. The van der Waals surface area contributed by atoms with Crippen molar-refractivity contribution >= 4 is 5.78 Å². The van der Waals surface area contributed by atoms with Crippen molar-refractivity contribution in [1.82, 2.24) is 5.32 Å². The molecule has 3 heteroatoms. The lowest BCUT2D eigenvalue weighted by molar-refractivity contribution is -0.115. The molecular formula is C7H12FNO. The van der Waals surface area contributed by atoms with Gasteiger partial charge in [0.2, 0.25) is 0 Å². The number of carbonyl (C=O) groups is 1. The minimum atomic E-state index is -0.190. The highest BCUT2D eigenvalue weighted by Crippen LogP contribution is 1.95. The van der Waals surface area contributed by atoms with Gasteiger partial charge in [-0.25, -0.2) is 4.39 Å². The Morgan fingerprint density at radius 3 is 2.50 bits per heavy atom. The average Bonchev–Trinajstić information content (AvgIpc) is 1.99. The van der Waals surface area contributed by atoms with Crippen LogP contribution in [0.3, 0.4) is 0 Å². The maximum atomic E-state index is 11.8. The Morgan fingerprint density at radius 1 is 1.60 bits per heavy atom. The first-order valence-corrected chi connectivity index (χ1v) is 3.33. The van der Waals surface area contributed by atoms with Gasteiger partial charge in [0.1, 0.15) is 12.0 Å². The summed E-state index contributed by atoms with van der Waals surface area (Å²) in [5.41, 5.74) is 0.0741. The number of Topliss-reactive ketones (excluding diaryl/α,β-unsaturated/α-hetero) is 1. The summed E-state index contributed by atoms with van der Waals surface area (Å²) in [6.07, 6.45) is 0.651. The third kappa shape index (κ3) is 2.62. The zero-order chi connectivity index (χ0) is 7.98. The minimum Gasteiger partial charge on any atom is -0.381 e. The Balaban J connectivity index is 3.95. The van der Waals surface area contributed by atoms with Gasteiger partial charge in [0.05, 0.1) is 0 Å². The predicted octanol–water partition coefficient (Wildman–Crippen LogP) is 1.39. The van der Waals surface area contributed by atoms with Crippen LogP contribution < -0.4 is 5.32 Å². The van der Waals surface area contributed by atoms with Crippen LogP contribution in [0.15, 0.2) is 12.0 Å². The highest BCUT2D eigenvalue weighted by molar-refractivity contribution is 5.94. The van der Waals surface area contributed by atoms with Gasteiger partial charge in [-0.05, 0) is 6.92 Å². The van der Waals surface area contributed by atoms with E-state index in [-0.39, 0.29) is 11.5 Å². The monoisotopic (exact) mass is 145 g/mol. The molecule has 0 aromatic carbocycles. The van der Waals surface area contributed by atoms with Gasteiger partial charge in [-0.3, -0.25) is 4.79 Å². The molecule has 0 aromatic rings. The van der Waals surface area contributed by atoms with E-state index in [4.69, 9.17) is 0 Å². The van der Waals surface area contributed by atoms with Gasteiger partial charge in [-0.1, -0.05) is 6.92 Å². The van der Waals surface area contributed by atoms with Crippen LogP contribution in [0.1, 0.15) is 20.3 Å². The van der Waals surface area contributed by atoms with Crippen LogP contribution in [0.25, 0.3) is 0 Å². The zero-order valence-corrected chi connectivity index (χ0v) is 6.28. The van der Waals surface area contributed by atoms with Crippen molar-refractivity contribution in [3.63, 3.8) is 0 Å². The molecule has 0 unspecified atom stereocenters. The van der Waals surface area contributed by atoms with Gasteiger partial charge in [0, 0.05) is 13.0 Å². The van der Waals surface area contributed by atoms with Crippen LogP contribution in [0.4, 0.5) is 4.39 Å². The Hall–Kier alpha value is -0.860. The summed E-state index contributed by atoms with van der Waals surface area (Å²) in [6.45, 7) is 4.08. The molecule has 0 aliphatic carbocycles. The molecule has 0 spiro atoms. The number of likely N-dealkylation sites (N-methyl/N-ethyl adjacent to an activating group) is 1. The lowest BCUT2D eigenvalue weighted by atomic mass is 10.2. The summed E-state index contributed by atoms with van der Waals surface area (Å²) in [6, 6.07) is 0. The molecule has 0 aliphatic rings. The Kier molecular flexibility index (Phi) is 4.54. The van der Waals surface area contributed by atoms with E-state index >= 15 is 0 Å². The van der Waals surface area contributed by atoms with E-state index in [1.165, 1.54) is 0 Å². The molecule has 10 heavy (non-hydrogen) atoms. The average molecular weight is 145 g/mol. The molecule has 0 saturated heterocycles. The van der Waals surface area contributed by atoms with E-state index in [1.54, 1.807) is 6.92 Å². The molecule has 0 bridgehead atoms. The Bertz CT molecular complexity index is 143. The standard InChI is InChI=1S/C7H12FNO/c1-3-7(10)6(5-8)9-4-2/h5,9H,3-4H2,1-2H3. The van der Waals surface area contributed by atoms with Crippen molar-refractivity contribution in [2.45, 2.75) is 20.3 Å². The van der Waals surface area contributed by atoms with Crippen molar-refractivity contribution in [3.05, 3.63) is 12.0 Å². The molecule has 0 saturated carbocycles. The fourth-order valence-electron chi connectivity index (χ4n) is 0.579. The fraction of sp³-hybridized carbons (Fsp3) is 0.571. The van der Waals surface area contributed by atoms with E-state index < -0.39 is 0 Å². The van der Waals surface area contributed by atoms with E-state index in [0.29, 0.717) is 19.3 Å². The van der Waals surface area contributed by atoms with Crippen LogP contribution in [0.5, 0.6) is 0 Å². The lowest BCUT2D eigenvalue weighted by Crippen LogP contribution is -2.18. The number of hydrogen-bond donors (Lipinski definition) is 1. The highest BCUT2D eigenvalue weighted by Gasteiger charge is 2.03. The molecule has 0 heterocycles. The normalized spacial score (nSPS) is 11.3. The van der Waals surface area contributed by atoms with Crippen LogP contribution >= 0.6 is 0 Å². The SMILES string of the molecule is CCNC(=CF)C(=O)CC. The molecule has 0 atom stereocenters. The van der Waals surface area contributed by atoms with E-state index in [1.807, 2.05) is 6.92 Å². The van der Waals surface area contributed by atoms with Gasteiger partial charge in [0.15, 0.2) is 5.78 Å². The number of nitrogens with one attached hydrogen (secondary N) is 1. The van der Waals surface area contributed by atoms with Crippen LogP contribution in [-0.2, 0) is 4.79 Å². The third-order valence-corrected chi connectivity index (χ3v) is 1.10. The number of rotatable bonds is 4. The lowest BCUT2D eigenvalue weighted by Gasteiger charge is -2.02. The number of carbonyl (C=O) groups excluding carboxylic acids is 1. The molecule has 0 fully saturated rings. The predicted molar refractivity (Wildman–Crippen MR) is 38.2 cm³/mol. The van der Waals surface area contributed by atoms with Gasteiger partial charge < -0.3 is 5.32 Å². The largest absolute Gasteiger partial charge is 0.381 e. The molecule has 2 nitrogen and oxygen atoms in total. The van der Waals surface area contributed by atoms with Gasteiger partial charge in [0.25, 0.3) is 0 Å². The molecule has 0 rings (SSSR count). The minimum absolute atomic E-state index is 0.0741. The molecule has 0 aromatic heterocycles. The van der Waals surface area contributed by atoms with E-state index in [2.05, 4.69) is 5.32 Å². The third-order valence-electron chi connectivity index (χ3n) is 1.10. The number of allylic oxidation sites excluding steroid dienone is 1. The van der Waals surface area contributed by atoms with Gasteiger partial charge in [-0.15, -0.1) is 0 Å². The number of ketones is 1. The molecule has 0 radical (unpaired) electrons. The first kappa shape index (κ1) is 9.14. The van der Waals surface area contributed by atoms with Crippen molar-refractivity contribution < 1.29 is 9.18 Å². The maximum absolute atomic E-state index is 11.8. The molecule has 58 valence electrons. The fourth-order valence-corrected chi connectivity index (χ4v) is 0.579. The Morgan fingerprint density at radius 2 is 2.20 bits per heavy atom. The summed E-state index contributed by atoms with van der Waals surface area (Å²) in [7, 11) is 0. The van der Waals surface area contributed by atoms with Crippen LogP contribution in [-0.4, -0.2) is 12.3 Å². The van der Waals surface area contributed by atoms with Crippen molar-refractivity contribution in [1.29, 1.82) is 0 Å². The summed E-state index contributed by atoms with van der Waals surface area (Å²) in [4.78, 5) is 10.8. The smallest absolute Gasteiger partial charge is 0.180 e. The summed E-state index contributed by atoms with van der Waals surface area (Å²) in [5, 5.41) is 2.62. The summed E-state index contributed by atoms with van der Waals surface area (Å²) >= 11 is 0. The maximum Gasteiger partial charge on any atom is 0.180 e. The molecule has 0 aliphatic heterocycles. The molecule has 0 amide bonds. The summed E-state index contributed by atoms with van der Waals surface area (Å²) < 4.78 is 11.8. The first-order valence-electron chi connectivity index (χ1n) is 3.33. The highest BCUT2D eigenvalue weighted by atomic mass is 19.1. The quantitative estimate of drug-likeness (QED) is 0.605. The summed E-state index contributed by atoms with van der Waals surface area (Å²) in [5.74, 6) is -0.190. The van der Waals surface area contributed by atoms with Gasteiger partial charge in [-0.2, -0.15) is 0 Å². The number of halogens is 1. The molecular weight excluding hydrogens is 133 g/mol. The van der Waals surface area contributed by atoms with E-state index in [0.717, 1.165) is 0 Å². The van der Waals surface area contributed by atoms with Crippen LogP contribution in [0.2, 0.25) is 0 Å². The second-order valence-electron chi connectivity index (χ2n) is 1.83. The van der Waals surface area contributed by atoms with Crippen molar-refractivity contribution in [3.8, 4) is 0 Å². The zero-order valence-electron chi connectivity index (χ0n) is 6.28. The second-order valence-corrected chi connectivity index (χ2v) is 1.83. The Labute approximate surface area is 60.1 Å². The molecule has 1 N–H and O–H groups in total. The van der Waals surface area contributed by atoms with Crippen molar-refractivity contribution in [2.75, 3.05) is 6.54 Å². The van der Waals surface area contributed by atoms with Crippen molar-refractivity contribution in [2.24, 2.45) is 0 Å². The topological polar surface area (TPSA) is 29.1 Å².